The molecule has 1 aliphatic heterocycles. The number of fused-ring (bicyclic) bond motifs is 3. The Bertz CT molecular complexity index is 2310. The molecule has 11 nitrogen and oxygen atoms in total. The predicted molar refractivity (Wildman–Crippen MR) is 180 cm³/mol. The van der Waals surface area contributed by atoms with Gasteiger partial charge in [-0.3, -0.25) is 14.4 Å². The molecule has 0 bridgehead atoms. The fourth-order valence-corrected chi connectivity index (χ4v) is 7.55. The summed E-state index contributed by atoms with van der Waals surface area (Å²) < 4.78 is 42.6. The average molecular weight is 716 g/mol. The van der Waals surface area contributed by atoms with Gasteiger partial charge in [-0.1, -0.05) is 41.9 Å². The van der Waals surface area contributed by atoms with Crippen molar-refractivity contribution in [3.8, 4) is 23.1 Å². The van der Waals surface area contributed by atoms with Gasteiger partial charge in [-0.25, -0.2) is 14.4 Å². The number of aromatic hydroxyl groups is 1. The van der Waals surface area contributed by atoms with Crippen LogP contribution in [-0.2, 0) is 29.4 Å². The van der Waals surface area contributed by atoms with Crippen molar-refractivity contribution in [3.63, 3.8) is 0 Å². The summed E-state index contributed by atoms with van der Waals surface area (Å²) in [5.41, 5.74) is -0.383. The van der Waals surface area contributed by atoms with E-state index < -0.39 is 34.5 Å². The summed E-state index contributed by atoms with van der Waals surface area (Å²) in [6.45, 7) is 0.144. The van der Waals surface area contributed by atoms with Gasteiger partial charge in [0, 0.05) is 41.5 Å². The Morgan fingerprint density at radius 3 is 2.47 bits per heavy atom. The first-order chi connectivity index (χ1) is 24.4. The maximum atomic E-state index is 14.7. The number of rotatable bonds is 5. The molecule has 5 aromatic rings. The quantitative estimate of drug-likeness (QED) is 0.229. The molecule has 260 valence electrons. The van der Waals surface area contributed by atoms with Crippen LogP contribution in [0.5, 0.6) is 5.75 Å². The number of likely N-dealkylation sites (tertiary alicyclic amines) is 1. The summed E-state index contributed by atoms with van der Waals surface area (Å²) in [6, 6.07) is 16.5. The van der Waals surface area contributed by atoms with Crippen molar-refractivity contribution in [3.05, 3.63) is 110 Å². The standard InChI is InChI=1S/C36H29ClF3N7O4/c37-23-18-22(36(38,39)40)10-11-24(23)43-28(49)20-46-25-8-4-12-35(13-16-45(17-14-35)33(51)31-27(48)9-5-15-42-31)29(25)32(50)47-26(19-41)30(44-34(46)47)21-6-2-1-3-7-21/h1-3,5-7,9-11,15,18,48H,4,8,12-14,16-17,20H2,(H,43,49). The molecule has 2 amide bonds. The maximum Gasteiger partial charge on any atom is 0.416 e. The molecule has 7 rings (SSSR count). The lowest BCUT2D eigenvalue weighted by atomic mass is 9.66. The highest BCUT2D eigenvalue weighted by Crippen LogP contribution is 2.44. The van der Waals surface area contributed by atoms with Crippen molar-refractivity contribution >= 4 is 34.9 Å². The zero-order valence-corrected chi connectivity index (χ0v) is 27.6. The molecule has 0 unspecified atom stereocenters. The molecule has 3 aromatic heterocycles. The zero-order valence-electron chi connectivity index (χ0n) is 26.9. The molecule has 0 atom stereocenters. The highest BCUT2D eigenvalue weighted by atomic mass is 35.5. The van der Waals surface area contributed by atoms with E-state index in [1.54, 1.807) is 39.8 Å². The van der Waals surface area contributed by atoms with Crippen molar-refractivity contribution in [2.75, 3.05) is 18.4 Å². The van der Waals surface area contributed by atoms with Gasteiger partial charge in [-0.2, -0.15) is 18.4 Å². The number of halogens is 4. The minimum atomic E-state index is -4.62. The van der Waals surface area contributed by atoms with Crippen molar-refractivity contribution in [2.45, 2.75) is 50.2 Å². The maximum absolute atomic E-state index is 14.7. The van der Waals surface area contributed by atoms with Crippen LogP contribution in [0, 0.1) is 11.3 Å². The first-order valence-electron chi connectivity index (χ1n) is 16.2. The monoisotopic (exact) mass is 715 g/mol. The number of benzene rings is 2. The molecule has 1 saturated heterocycles. The zero-order chi connectivity index (χ0) is 36.1. The third kappa shape index (κ3) is 5.97. The Kier molecular flexibility index (Phi) is 8.54. The van der Waals surface area contributed by atoms with Gasteiger partial charge in [0.2, 0.25) is 11.7 Å². The number of nitriles is 1. The number of nitrogens with zero attached hydrogens (tertiary/aromatic N) is 6. The van der Waals surface area contributed by atoms with Crippen LogP contribution in [-0.4, -0.2) is 53.8 Å². The molecular formula is C36H29ClF3N7O4. The number of carbonyl (C=O) groups excluding carboxylic acids is 2. The van der Waals surface area contributed by atoms with E-state index in [4.69, 9.17) is 16.6 Å². The number of hydrogen-bond acceptors (Lipinski definition) is 7. The molecule has 0 radical (unpaired) electrons. The second-order valence-electron chi connectivity index (χ2n) is 12.7. The molecule has 51 heavy (non-hydrogen) atoms. The highest BCUT2D eigenvalue weighted by molar-refractivity contribution is 6.33. The number of amides is 2. The minimum Gasteiger partial charge on any atom is -0.505 e. The van der Waals surface area contributed by atoms with E-state index in [-0.39, 0.29) is 59.0 Å². The highest BCUT2D eigenvalue weighted by Gasteiger charge is 2.45. The second kappa shape index (κ2) is 12.9. The van der Waals surface area contributed by atoms with E-state index in [0.717, 1.165) is 18.2 Å². The van der Waals surface area contributed by atoms with Crippen LogP contribution in [0.3, 0.4) is 0 Å². The topological polar surface area (TPSA) is 146 Å². The molecule has 15 heteroatoms. The molecule has 2 N–H and O–H groups in total. The fourth-order valence-electron chi connectivity index (χ4n) is 7.33. The van der Waals surface area contributed by atoms with E-state index in [1.165, 1.54) is 22.7 Å². The SMILES string of the molecule is N#Cc1c(-c2ccccc2)nc2n(CC(=O)Nc3ccc(C(F)(F)F)cc3Cl)c3c(c(=O)n12)C1(CCC3)CCN(C(=O)c2ncccc2O)CC1. The number of imidazole rings is 1. The fraction of sp³-hybridized carbons (Fsp3) is 0.278. The summed E-state index contributed by atoms with van der Waals surface area (Å²) in [4.78, 5) is 52.0. The third-order valence-corrected chi connectivity index (χ3v) is 10.1. The lowest BCUT2D eigenvalue weighted by molar-refractivity contribution is -0.137. The van der Waals surface area contributed by atoms with E-state index in [1.807, 2.05) is 0 Å². The number of alkyl halides is 3. The van der Waals surface area contributed by atoms with Gasteiger partial charge >= 0.3 is 6.18 Å². The van der Waals surface area contributed by atoms with Crippen LogP contribution in [0.1, 0.15) is 58.7 Å². The van der Waals surface area contributed by atoms with Crippen LogP contribution >= 0.6 is 11.6 Å². The number of carbonyl (C=O) groups is 2. The largest absolute Gasteiger partial charge is 0.505 e. The Hall–Kier alpha value is -5.68. The lowest BCUT2D eigenvalue weighted by Gasteiger charge is -2.45. The van der Waals surface area contributed by atoms with Crippen LogP contribution in [0.2, 0.25) is 5.02 Å². The van der Waals surface area contributed by atoms with Gasteiger partial charge in [0.1, 0.15) is 24.1 Å². The number of nitrogens with one attached hydrogen (secondary N) is 1. The molecule has 4 heterocycles. The Morgan fingerprint density at radius 2 is 1.80 bits per heavy atom. The van der Waals surface area contributed by atoms with E-state index >= 15 is 0 Å². The van der Waals surface area contributed by atoms with Crippen molar-refractivity contribution in [2.24, 2.45) is 0 Å². The van der Waals surface area contributed by atoms with Gasteiger partial charge in [0.05, 0.1) is 16.3 Å². The second-order valence-corrected chi connectivity index (χ2v) is 13.1. The number of aromatic nitrogens is 4. The van der Waals surface area contributed by atoms with Gasteiger partial charge in [-0.15, -0.1) is 0 Å². The number of pyridine rings is 1. The van der Waals surface area contributed by atoms with Gasteiger partial charge in [0.15, 0.2) is 11.4 Å². The predicted octanol–water partition coefficient (Wildman–Crippen LogP) is 5.96. The molecule has 1 spiro atoms. The van der Waals surface area contributed by atoms with Gasteiger partial charge in [0.25, 0.3) is 11.5 Å². The molecule has 2 aliphatic rings. The minimum absolute atomic E-state index is 0.0112. The Labute approximate surface area is 293 Å². The lowest BCUT2D eigenvalue weighted by Crippen LogP contribution is -2.50. The van der Waals surface area contributed by atoms with Gasteiger partial charge in [-0.05, 0) is 62.4 Å². The molecule has 1 fully saturated rings. The summed E-state index contributed by atoms with van der Waals surface area (Å²) in [6.07, 6.45) is -0.717. The molecule has 1 aliphatic carbocycles. The van der Waals surface area contributed by atoms with Crippen LogP contribution < -0.4 is 10.9 Å². The summed E-state index contributed by atoms with van der Waals surface area (Å²) in [5, 5.41) is 22.9. The first-order valence-corrected chi connectivity index (χ1v) is 16.5. The van der Waals surface area contributed by atoms with E-state index in [2.05, 4.69) is 16.4 Å². The number of anilines is 1. The van der Waals surface area contributed by atoms with Crippen LogP contribution in [0.4, 0.5) is 18.9 Å². The average Bonchev–Trinajstić information content (AvgIpc) is 3.51. The van der Waals surface area contributed by atoms with Crippen LogP contribution in [0.15, 0.2) is 71.7 Å². The Balaban J connectivity index is 1.32. The van der Waals surface area contributed by atoms with Gasteiger partial charge < -0.3 is 19.9 Å². The van der Waals surface area contributed by atoms with Crippen molar-refractivity contribution in [1.82, 2.24) is 23.8 Å². The normalized spacial score (nSPS) is 15.4. The number of hydrogen-bond donors (Lipinski definition) is 2. The van der Waals surface area contributed by atoms with E-state index in [9.17, 15) is 37.9 Å². The molecular weight excluding hydrogens is 687 g/mol. The van der Waals surface area contributed by atoms with Crippen LogP contribution in [0.25, 0.3) is 17.0 Å². The first kappa shape index (κ1) is 33.8. The summed E-state index contributed by atoms with van der Waals surface area (Å²) in [5.74, 6) is -1.23. The van der Waals surface area contributed by atoms with Crippen molar-refractivity contribution in [1.29, 1.82) is 5.26 Å². The third-order valence-electron chi connectivity index (χ3n) is 9.75. The number of piperidine rings is 1. The molecule has 0 saturated carbocycles. The summed E-state index contributed by atoms with van der Waals surface area (Å²) in [7, 11) is 0. The smallest absolute Gasteiger partial charge is 0.416 e. The van der Waals surface area contributed by atoms with Crippen molar-refractivity contribution < 1.29 is 27.9 Å². The van der Waals surface area contributed by atoms with E-state index in [0.29, 0.717) is 48.9 Å². The molecule has 2 aromatic carbocycles. The summed E-state index contributed by atoms with van der Waals surface area (Å²) >= 11 is 6.14. The Morgan fingerprint density at radius 1 is 1.06 bits per heavy atom.